The summed E-state index contributed by atoms with van der Waals surface area (Å²) >= 11 is 12.7. The lowest BCUT2D eigenvalue weighted by molar-refractivity contribution is -0.528. The van der Waals surface area contributed by atoms with Crippen LogP contribution in [0.5, 0.6) is 0 Å². The van der Waals surface area contributed by atoms with Crippen molar-refractivity contribution >= 4 is 29.2 Å². The SMILES string of the molecule is CCOC(=O)CC(C1CC(Cl)CC(Cl)C1)N(O)CCN(O)CC1CCCC([N+](=O)[O-])C1. The lowest BCUT2D eigenvalue weighted by Crippen LogP contribution is -2.46. The van der Waals surface area contributed by atoms with Gasteiger partial charge in [-0.15, -0.1) is 23.2 Å². The summed E-state index contributed by atoms with van der Waals surface area (Å²) in [7, 11) is 0. The molecule has 9 nitrogen and oxygen atoms in total. The number of carbonyl (C=O) groups excluding carboxylic acids is 1. The third-order valence-corrected chi connectivity index (χ3v) is 7.06. The van der Waals surface area contributed by atoms with Crippen molar-refractivity contribution in [2.45, 2.75) is 81.1 Å². The van der Waals surface area contributed by atoms with Crippen molar-refractivity contribution in [2.75, 3.05) is 26.2 Å². The van der Waals surface area contributed by atoms with Crippen LogP contribution in [0.4, 0.5) is 0 Å². The van der Waals surface area contributed by atoms with E-state index in [1.165, 1.54) is 0 Å². The standard InChI is InChI=1S/C20H35Cl2N3O6/c1-2-31-20(26)12-19(15-9-16(21)11-17(22)10-15)24(28)7-6-23(27)13-14-4-3-5-18(8-14)25(29)30/h14-19,27-28H,2-13H2,1H3. The molecule has 180 valence electrons. The van der Waals surface area contributed by atoms with Crippen LogP contribution in [0.2, 0.25) is 0 Å². The van der Waals surface area contributed by atoms with Gasteiger partial charge in [-0.25, -0.2) is 0 Å². The zero-order chi connectivity index (χ0) is 23.0. The van der Waals surface area contributed by atoms with Gasteiger partial charge in [0, 0.05) is 54.2 Å². The average molecular weight is 484 g/mol. The fourth-order valence-corrected chi connectivity index (χ4v) is 5.82. The molecule has 0 aliphatic heterocycles. The van der Waals surface area contributed by atoms with Gasteiger partial charge >= 0.3 is 5.97 Å². The zero-order valence-electron chi connectivity index (χ0n) is 18.1. The fourth-order valence-electron chi connectivity index (χ4n) is 4.84. The molecule has 0 bridgehead atoms. The van der Waals surface area contributed by atoms with Gasteiger partial charge in [-0.05, 0) is 50.9 Å². The van der Waals surface area contributed by atoms with Crippen molar-refractivity contribution in [1.29, 1.82) is 0 Å². The Labute approximate surface area is 193 Å². The second-order valence-electron chi connectivity index (χ2n) is 8.79. The molecule has 0 aromatic carbocycles. The van der Waals surface area contributed by atoms with E-state index in [2.05, 4.69) is 0 Å². The predicted molar refractivity (Wildman–Crippen MR) is 116 cm³/mol. The van der Waals surface area contributed by atoms with Crippen molar-refractivity contribution in [1.82, 2.24) is 10.1 Å². The fraction of sp³-hybridized carbons (Fsp3) is 0.950. The number of ether oxygens (including phenoxy) is 1. The molecule has 2 fully saturated rings. The van der Waals surface area contributed by atoms with Crippen molar-refractivity contribution in [3.05, 3.63) is 10.1 Å². The first-order valence-electron chi connectivity index (χ1n) is 11.2. The van der Waals surface area contributed by atoms with E-state index in [1.54, 1.807) is 6.92 Å². The minimum atomic E-state index is -0.547. The quantitative estimate of drug-likeness (QED) is 0.198. The Balaban J connectivity index is 1.90. The Bertz CT molecular complexity index is 577. The number of hydrogen-bond donors (Lipinski definition) is 2. The molecule has 2 saturated carbocycles. The Kier molecular flexibility index (Phi) is 11.2. The van der Waals surface area contributed by atoms with Crippen LogP contribution in [-0.2, 0) is 9.53 Å². The van der Waals surface area contributed by atoms with E-state index >= 15 is 0 Å². The van der Waals surface area contributed by atoms with Crippen LogP contribution >= 0.6 is 23.2 Å². The van der Waals surface area contributed by atoms with Crippen LogP contribution in [0.15, 0.2) is 0 Å². The molecule has 0 spiro atoms. The van der Waals surface area contributed by atoms with Gasteiger partial charge < -0.3 is 15.2 Å². The summed E-state index contributed by atoms with van der Waals surface area (Å²) in [6, 6.07) is -1.06. The number of halogens is 2. The summed E-state index contributed by atoms with van der Waals surface area (Å²) in [5, 5.41) is 34.0. The van der Waals surface area contributed by atoms with E-state index in [-0.39, 0.29) is 53.6 Å². The Morgan fingerprint density at radius 3 is 2.45 bits per heavy atom. The number of esters is 1. The number of alkyl halides is 2. The lowest BCUT2D eigenvalue weighted by Gasteiger charge is -2.38. The minimum absolute atomic E-state index is 0.0147. The van der Waals surface area contributed by atoms with Crippen LogP contribution in [0, 0.1) is 22.0 Å². The molecule has 0 radical (unpaired) electrons. The maximum atomic E-state index is 12.1. The second-order valence-corrected chi connectivity index (χ2v) is 10.0. The van der Waals surface area contributed by atoms with Gasteiger partial charge in [0.2, 0.25) is 6.04 Å². The Hall–Kier alpha value is -0.710. The second kappa shape index (κ2) is 13.1. The van der Waals surface area contributed by atoms with Crippen LogP contribution < -0.4 is 0 Å². The number of nitrogens with zero attached hydrogens (tertiary/aromatic N) is 3. The highest BCUT2D eigenvalue weighted by Gasteiger charge is 2.36. The molecule has 2 N–H and O–H groups in total. The first kappa shape index (κ1) is 26.5. The lowest BCUT2D eigenvalue weighted by atomic mass is 9.82. The largest absolute Gasteiger partial charge is 0.466 e. The number of nitro groups is 1. The smallest absolute Gasteiger partial charge is 0.307 e. The number of hydroxylamine groups is 4. The first-order chi connectivity index (χ1) is 14.7. The summed E-state index contributed by atoms with van der Waals surface area (Å²) in [4.78, 5) is 22.9. The summed E-state index contributed by atoms with van der Waals surface area (Å²) in [6.45, 7) is 2.57. The Morgan fingerprint density at radius 1 is 1.16 bits per heavy atom. The first-order valence-corrected chi connectivity index (χ1v) is 12.0. The van der Waals surface area contributed by atoms with Gasteiger partial charge in [-0.1, -0.05) is 0 Å². The van der Waals surface area contributed by atoms with E-state index in [0.29, 0.717) is 38.6 Å². The summed E-state index contributed by atoms with van der Waals surface area (Å²) in [6.07, 6.45) is 4.63. The van der Waals surface area contributed by atoms with Gasteiger partial charge in [0.1, 0.15) is 0 Å². The number of hydrogen-bond acceptors (Lipinski definition) is 8. The van der Waals surface area contributed by atoms with Gasteiger partial charge in [-0.3, -0.25) is 14.9 Å². The van der Waals surface area contributed by atoms with E-state index in [1.807, 2.05) is 0 Å². The van der Waals surface area contributed by atoms with E-state index < -0.39 is 18.1 Å². The van der Waals surface area contributed by atoms with Gasteiger partial charge in [-0.2, -0.15) is 10.1 Å². The Morgan fingerprint density at radius 2 is 1.84 bits per heavy atom. The van der Waals surface area contributed by atoms with Gasteiger partial charge in [0.15, 0.2) is 0 Å². The molecule has 2 rings (SSSR count). The molecule has 5 unspecified atom stereocenters. The highest BCUT2D eigenvalue weighted by atomic mass is 35.5. The summed E-state index contributed by atoms with van der Waals surface area (Å²) < 4.78 is 5.06. The molecular weight excluding hydrogens is 449 g/mol. The van der Waals surface area contributed by atoms with Crippen molar-refractivity contribution in [2.24, 2.45) is 11.8 Å². The molecule has 2 aliphatic rings. The average Bonchev–Trinajstić information content (AvgIpc) is 2.70. The third-order valence-electron chi connectivity index (χ3n) is 6.35. The molecular formula is C20H35Cl2N3O6. The van der Waals surface area contributed by atoms with E-state index in [9.17, 15) is 25.3 Å². The molecule has 0 heterocycles. The number of carbonyl (C=O) groups is 1. The predicted octanol–water partition coefficient (Wildman–Crippen LogP) is 3.54. The van der Waals surface area contributed by atoms with E-state index in [4.69, 9.17) is 27.9 Å². The maximum absolute atomic E-state index is 12.1. The van der Waals surface area contributed by atoms with Gasteiger partial charge in [0.25, 0.3) is 0 Å². The van der Waals surface area contributed by atoms with E-state index in [0.717, 1.165) is 23.0 Å². The molecule has 0 aromatic heterocycles. The monoisotopic (exact) mass is 483 g/mol. The highest BCUT2D eigenvalue weighted by molar-refractivity contribution is 6.23. The van der Waals surface area contributed by atoms with Crippen LogP contribution in [-0.4, -0.2) is 80.5 Å². The highest BCUT2D eigenvalue weighted by Crippen LogP contribution is 2.35. The molecule has 0 amide bonds. The summed E-state index contributed by atoms with van der Waals surface area (Å²) in [5.41, 5.74) is 0. The molecule has 0 aromatic rings. The van der Waals surface area contributed by atoms with Crippen molar-refractivity contribution in [3.8, 4) is 0 Å². The van der Waals surface area contributed by atoms with Crippen molar-refractivity contribution in [3.63, 3.8) is 0 Å². The maximum Gasteiger partial charge on any atom is 0.307 e. The van der Waals surface area contributed by atoms with Crippen LogP contribution in [0.25, 0.3) is 0 Å². The molecule has 2 aliphatic carbocycles. The summed E-state index contributed by atoms with van der Waals surface area (Å²) in [5.74, 6) is -0.424. The molecule has 31 heavy (non-hydrogen) atoms. The normalized spacial score (nSPS) is 30.4. The number of rotatable bonds is 11. The minimum Gasteiger partial charge on any atom is -0.466 e. The molecule has 5 atom stereocenters. The topological polar surface area (TPSA) is 116 Å². The van der Waals surface area contributed by atoms with Crippen molar-refractivity contribution < 1.29 is 24.9 Å². The van der Waals surface area contributed by atoms with Crippen LogP contribution in [0.3, 0.4) is 0 Å². The molecule has 0 saturated heterocycles. The van der Waals surface area contributed by atoms with Crippen LogP contribution in [0.1, 0.15) is 58.3 Å². The third kappa shape index (κ3) is 8.98. The van der Waals surface area contributed by atoms with Gasteiger partial charge in [0.05, 0.1) is 13.0 Å². The zero-order valence-corrected chi connectivity index (χ0v) is 19.6. The molecule has 11 heteroatoms.